The second kappa shape index (κ2) is 6.89. The lowest BCUT2D eigenvalue weighted by molar-refractivity contribution is -0.307. The van der Waals surface area contributed by atoms with Crippen molar-refractivity contribution < 1.29 is 44.5 Å². The summed E-state index contributed by atoms with van der Waals surface area (Å²) in [6.45, 7) is 0.769. The second-order valence-electron chi connectivity index (χ2n) is 9.29. The fourth-order valence-corrected chi connectivity index (χ4v) is 6.40. The molecule has 0 radical (unpaired) electrons. The van der Waals surface area contributed by atoms with Crippen LogP contribution in [-0.4, -0.2) is 87.0 Å². The molecule has 2 bridgehead atoms. The molecule has 10 heteroatoms. The van der Waals surface area contributed by atoms with Crippen LogP contribution in [0.15, 0.2) is 24.3 Å². The first-order valence-corrected chi connectivity index (χ1v) is 10.8. The van der Waals surface area contributed by atoms with E-state index in [9.17, 15) is 30.3 Å². The lowest BCUT2D eigenvalue weighted by Crippen LogP contribution is -2.66. The summed E-state index contributed by atoms with van der Waals surface area (Å²) in [5, 5.41) is 53.9. The third-order valence-electron chi connectivity index (χ3n) is 7.77. The van der Waals surface area contributed by atoms with E-state index in [1.165, 1.54) is 0 Å². The Morgan fingerprint density at radius 1 is 1.16 bits per heavy atom. The van der Waals surface area contributed by atoms with Crippen molar-refractivity contribution in [2.45, 2.75) is 67.2 Å². The third-order valence-corrected chi connectivity index (χ3v) is 7.77. The number of carboxylic acid groups (broad SMARTS) is 1. The fraction of sp³-hybridized carbons (Fsp3) is 0.591. The van der Waals surface area contributed by atoms with Gasteiger partial charge in [0.2, 0.25) is 0 Å². The van der Waals surface area contributed by atoms with E-state index < -0.39 is 54.3 Å². The summed E-state index contributed by atoms with van der Waals surface area (Å²) in [4.78, 5) is 11.4. The molecule has 6 N–H and O–H groups in total. The number of carbonyl (C=O) groups is 1. The average molecular weight is 447 g/mol. The van der Waals surface area contributed by atoms with Gasteiger partial charge in [0, 0.05) is 22.9 Å². The van der Waals surface area contributed by atoms with Crippen LogP contribution in [0.25, 0.3) is 0 Å². The Hall–Kier alpha value is -2.21. The van der Waals surface area contributed by atoms with Gasteiger partial charge < -0.3 is 45.1 Å². The SMILES string of the molecule is O=C(O)C1OC(OC2C=CC3C4Cc5ccc(O)c6c5C3(CCN4)C2O6)C(O)C(O)C1O. The predicted octanol–water partition coefficient (Wildman–Crippen LogP) is -1.23. The highest BCUT2D eigenvalue weighted by Gasteiger charge is 2.64. The highest BCUT2D eigenvalue weighted by molar-refractivity contribution is 5.73. The first-order valence-electron chi connectivity index (χ1n) is 10.8. The van der Waals surface area contributed by atoms with Gasteiger partial charge in [-0.05, 0) is 31.0 Å². The van der Waals surface area contributed by atoms with E-state index in [1.54, 1.807) is 6.07 Å². The summed E-state index contributed by atoms with van der Waals surface area (Å²) in [7, 11) is 0. The number of rotatable bonds is 3. The summed E-state index contributed by atoms with van der Waals surface area (Å²) >= 11 is 0. The van der Waals surface area contributed by atoms with Crippen molar-refractivity contribution in [1.29, 1.82) is 0 Å². The highest BCUT2D eigenvalue weighted by atomic mass is 16.7. The number of nitrogens with one attached hydrogen (secondary N) is 1. The molecule has 32 heavy (non-hydrogen) atoms. The van der Waals surface area contributed by atoms with Crippen LogP contribution >= 0.6 is 0 Å². The molecule has 1 aromatic carbocycles. The van der Waals surface area contributed by atoms with Crippen LogP contribution < -0.4 is 10.1 Å². The van der Waals surface area contributed by atoms with Gasteiger partial charge in [0.25, 0.3) is 0 Å². The van der Waals surface area contributed by atoms with E-state index in [1.807, 2.05) is 12.1 Å². The number of aromatic hydroxyl groups is 1. The van der Waals surface area contributed by atoms with Crippen LogP contribution in [0.2, 0.25) is 0 Å². The van der Waals surface area contributed by atoms with Crippen LogP contribution in [0, 0.1) is 5.92 Å². The van der Waals surface area contributed by atoms with Crippen LogP contribution in [0.1, 0.15) is 17.5 Å². The van der Waals surface area contributed by atoms with E-state index in [-0.39, 0.29) is 17.7 Å². The van der Waals surface area contributed by atoms with Gasteiger partial charge in [-0.25, -0.2) is 4.79 Å². The maximum atomic E-state index is 11.4. The van der Waals surface area contributed by atoms with Crippen molar-refractivity contribution in [3.63, 3.8) is 0 Å². The van der Waals surface area contributed by atoms with Crippen molar-refractivity contribution in [2.75, 3.05) is 6.54 Å². The fourth-order valence-electron chi connectivity index (χ4n) is 6.40. The van der Waals surface area contributed by atoms with E-state index in [2.05, 4.69) is 11.4 Å². The van der Waals surface area contributed by atoms with Crippen molar-refractivity contribution in [1.82, 2.24) is 5.32 Å². The average Bonchev–Trinajstić information content (AvgIpc) is 3.11. The molecule has 0 amide bonds. The Bertz CT molecular complexity index is 998. The number of phenols is 1. The number of aliphatic hydroxyl groups is 3. The Morgan fingerprint density at radius 2 is 1.97 bits per heavy atom. The quantitative estimate of drug-likeness (QED) is 0.310. The summed E-state index contributed by atoms with van der Waals surface area (Å²) in [6.07, 6.45) is -4.26. The van der Waals surface area contributed by atoms with Gasteiger partial charge in [-0.1, -0.05) is 18.2 Å². The molecule has 1 aromatic rings. The number of phenolic OH excluding ortho intramolecular Hbond substituents is 1. The van der Waals surface area contributed by atoms with Gasteiger partial charge in [0.05, 0.1) is 0 Å². The lowest BCUT2D eigenvalue weighted by Gasteiger charge is -2.54. The molecule has 0 aromatic heterocycles. The van der Waals surface area contributed by atoms with Gasteiger partial charge >= 0.3 is 5.97 Å². The Labute approximate surface area is 183 Å². The van der Waals surface area contributed by atoms with E-state index in [0.29, 0.717) is 5.75 Å². The topological polar surface area (TPSA) is 158 Å². The number of carboxylic acids is 1. The zero-order valence-corrected chi connectivity index (χ0v) is 17.0. The smallest absolute Gasteiger partial charge is 0.335 e. The molecule has 2 aliphatic carbocycles. The van der Waals surface area contributed by atoms with Crippen molar-refractivity contribution in [3.8, 4) is 11.5 Å². The van der Waals surface area contributed by atoms with Gasteiger partial charge in [0.1, 0.15) is 30.5 Å². The van der Waals surface area contributed by atoms with Gasteiger partial charge in [-0.3, -0.25) is 0 Å². The first kappa shape index (κ1) is 20.4. The van der Waals surface area contributed by atoms with E-state index in [4.69, 9.17) is 14.2 Å². The predicted molar refractivity (Wildman–Crippen MR) is 106 cm³/mol. The van der Waals surface area contributed by atoms with Crippen LogP contribution in [-0.2, 0) is 26.1 Å². The molecule has 3 heterocycles. The Morgan fingerprint density at radius 3 is 2.75 bits per heavy atom. The summed E-state index contributed by atoms with van der Waals surface area (Å²) in [6, 6.07) is 3.76. The molecule has 6 rings (SSSR count). The monoisotopic (exact) mass is 447 g/mol. The zero-order chi connectivity index (χ0) is 22.4. The molecule has 10 atom stereocenters. The number of ether oxygens (including phenoxy) is 3. The van der Waals surface area contributed by atoms with E-state index >= 15 is 0 Å². The number of aliphatic carboxylic acids is 1. The number of hydrogen-bond acceptors (Lipinski definition) is 9. The maximum absolute atomic E-state index is 11.4. The van der Waals surface area contributed by atoms with Crippen LogP contribution in [0.4, 0.5) is 0 Å². The lowest BCUT2D eigenvalue weighted by atomic mass is 9.53. The Kier molecular flexibility index (Phi) is 4.40. The van der Waals surface area contributed by atoms with Gasteiger partial charge in [-0.15, -0.1) is 0 Å². The summed E-state index contributed by atoms with van der Waals surface area (Å²) in [5.41, 5.74) is 1.66. The van der Waals surface area contributed by atoms with Crippen LogP contribution in [0.3, 0.4) is 0 Å². The highest BCUT2D eigenvalue weighted by Crippen LogP contribution is 2.61. The van der Waals surface area contributed by atoms with Crippen molar-refractivity contribution in [3.05, 3.63) is 35.4 Å². The third kappa shape index (κ3) is 2.53. The van der Waals surface area contributed by atoms with Gasteiger partial charge in [0.15, 0.2) is 23.9 Å². The molecular formula is C22H25NO9. The molecule has 5 aliphatic rings. The molecule has 10 unspecified atom stereocenters. The molecular weight excluding hydrogens is 422 g/mol. The minimum absolute atomic E-state index is 0.0560. The molecule has 3 aliphatic heterocycles. The molecule has 1 spiro atoms. The molecule has 0 saturated carbocycles. The first-order chi connectivity index (χ1) is 15.3. The minimum Gasteiger partial charge on any atom is -0.504 e. The zero-order valence-electron chi connectivity index (χ0n) is 17.0. The number of benzene rings is 1. The Balaban J connectivity index is 1.37. The maximum Gasteiger partial charge on any atom is 0.335 e. The van der Waals surface area contributed by atoms with Crippen molar-refractivity contribution >= 4 is 5.97 Å². The molecule has 2 saturated heterocycles. The van der Waals surface area contributed by atoms with Crippen molar-refractivity contribution in [2.24, 2.45) is 5.92 Å². The standard InChI is InChI=1S/C22H25NO9/c24-11-3-1-8-7-10-9-2-4-12(19-22(9,5-6-23-10)13(8)17(11)31-19)30-21-16(27)14(25)15(26)18(32-21)20(28)29/h1-4,9-10,12,14-16,18-19,21,23-27H,5-7H2,(H,28,29). The largest absolute Gasteiger partial charge is 0.504 e. The summed E-state index contributed by atoms with van der Waals surface area (Å²) in [5.74, 6) is -0.852. The van der Waals surface area contributed by atoms with Crippen LogP contribution in [0.5, 0.6) is 11.5 Å². The molecule has 2 fully saturated rings. The number of hydrogen-bond donors (Lipinski definition) is 6. The second-order valence-corrected chi connectivity index (χ2v) is 9.29. The normalized spacial score (nSPS) is 45.8. The minimum atomic E-state index is -1.79. The molecule has 172 valence electrons. The van der Waals surface area contributed by atoms with Gasteiger partial charge in [-0.2, -0.15) is 0 Å². The summed E-state index contributed by atoms with van der Waals surface area (Å²) < 4.78 is 17.6. The molecule has 10 nitrogen and oxygen atoms in total. The number of piperidine rings is 1. The number of aliphatic hydroxyl groups excluding tert-OH is 3. The van der Waals surface area contributed by atoms with E-state index in [0.717, 1.165) is 30.5 Å².